The van der Waals surface area contributed by atoms with Gasteiger partial charge in [0.1, 0.15) is 6.10 Å². The van der Waals surface area contributed by atoms with Gasteiger partial charge in [0.25, 0.3) is 5.91 Å². The molecule has 2 aromatic rings. The molecule has 0 saturated carbocycles. The van der Waals surface area contributed by atoms with E-state index >= 15 is 0 Å². The topological polar surface area (TPSA) is 42.4 Å². The number of piperidine rings is 1. The van der Waals surface area contributed by atoms with Crippen LogP contribution in [0.15, 0.2) is 41.9 Å². The second-order valence-corrected chi connectivity index (χ2v) is 6.90. The van der Waals surface area contributed by atoms with E-state index in [0.29, 0.717) is 18.0 Å². The number of carbonyl (C=O) groups excluding carboxylic acids is 1. The minimum atomic E-state index is 0.166. The molecule has 0 aliphatic carbocycles. The Bertz CT molecular complexity index is 630. The van der Waals surface area contributed by atoms with E-state index in [1.807, 2.05) is 35.7 Å². The molecule has 1 amide bonds. The molecule has 0 radical (unpaired) electrons. The van der Waals surface area contributed by atoms with E-state index < -0.39 is 0 Å². The lowest BCUT2D eigenvalue weighted by Gasteiger charge is -2.38. The minimum Gasteiger partial charge on any atom is -0.474 e. The van der Waals surface area contributed by atoms with Crippen LogP contribution in [0.5, 0.6) is 5.88 Å². The normalized spacial score (nSPS) is 26.9. The van der Waals surface area contributed by atoms with E-state index in [9.17, 15) is 4.79 Å². The average molecular weight is 314 g/mol. The molecule has 0 N–H and O–H groups in total. The van der Waals surface area contributed by atoms with Gasteiger partial charge in [-0.05, 0) is 30.4 Å². The number of pyridine rings is 1. The molecule has 2 saturated heterocycles. The van der Waals surface area contributed by atoms with E-state index in [1.165, 1.54) is 11.3 Å². The summed E-state index contributed by atoms with van der Waals surface area (Å²) in [6.07, 6.45) is 5.90. The maximum atomic E-state index is 12.7. The lowest BCUT2D eigenvalue weighted by Crippen LogP contribution is -2.49. The van der Waals surface area contributed by atoms with E-state index in [2.05, 4.69) is 9.88 Å². The summed E-state index contributed by atoms with van der Waals surface area (Å²) < 4.78 is 6.01. The van der Waals surface area contributed by atoms with Crippen LogP contribution in [0.4, 0.5) is 0 Å². The van der Waals surface area contributed by atoms with Crippen LogP contribution in [0.2, 0.25) is 0 Å². The van der Waals surface area contributed by atoms with Crippen LogP contribution in [-0.4, -0.2) is 34.0 Å². The predicted molar refractivity (Wildman–Crippen MR) is 85.2 cm³/mol. The van der Waals surface area contributed by atoms with Crippen LogP contribution in [0.3, 0.4) is 0 Å². The third-order valence-corrected chi connectivity index (χ3v) is 5.44. The Hall–Kier alpha value is -1.88. The van der Waals surface area contributed by atoms with Gasteiger partial charge in [0.2, 0.25) is 5.88 Å². The van der Waals surface area contributed by atoms with Gasteiger partial charge in [0, 0.05) is 37.2 Å². The Kier molecular flexibility index (Phi) is 3.58. The van der Waals surface area contributed by atoms with Gasteiger partial charge < -0.3 is 9.64 Å². The second kappa shape index (κ2) is 5.72. The molecule has 4 nitrogen and oxygen atoms in total. The van der Waals surface area contributed by atoms with Crippen LogP contribution >= 0.6 is 11.3 Å². The number of rotatable bonds is 3. The number of hydrogen-bond donors (Lipinski definition) is 0. The molecule has 22 heavy (non-hydrogen) atoms. The van der Waals surface area contributed by atoms with Crippen molar-refractivity contribution in [3.63, 3.8) is 0 Å². The standard InChI is InChI=1S/C17H18N2O2S/c20-17(15-4-3-9-22-15)19-12-6-7-13(19)11-14(10-12)21-16-5-1-2-8-18-16/h1-5,8-9,12-14H,6-7,10-11H2. The van der Waals surface area contributed by atoms with Crippen molar-refractivity contribution in [2.75, 3.05) is 0 Å². The summed E-state index contributed by atoms with van der Waals surface area (Å²) in [6, 6.07) is 10.2. The molecular weight excluding hydrogens is 296 g/mol. The highest BCUT2D eigenvalue weighted by Gasteiger charge is 2.44. The SMILES string of the molecule is O=C(c1cccs1)N1C2CCC1CC(Oc1ccccn1)C2. The monoisotopic (exact) mass is 314 g/mol. The molecule has 2 aromatic heterocycles. The van der Waals surface area contributed by atoms with Gasteiger partial charge in [-0.3, -0.25) is 4.79 Å². The first-order chi connectivity index (χ1) is 10.8. The van der Waals surface area contributed by atoms with Crippen molar-refractivity contribution in [3.8, 4) is 5.88 Å². The predicted octanol–water partition coefficient (Wildman–Crippen LogP) is 3.36. The zero-order valence-electron chi connectivity index (χ0n) is 12.2. The number of fused-ring (bicyclic) bond motifs is 2. The molecule has 2 unspecified atom stereocenters. The maximum Gasteiger partial charge on any atom is 0.264 e. The fourth-order valence-corrected chi connectivity index (χ4v) is 4.34. The highest BCUT2D eigenvalue weighted by molar-refractivity contribution is 7.12. The molecule has 114 valence electrons. The van der Waals surface area contributed by atoms with Gasteiger partial charge in [0.15, 0.2) is 0 Å². The van der Waals surface area contributed by atoms with E-state index in [4.69, 9.17) is 4.74 Å². The molecule has 4 rings (SSSR count). The van der Waals surface area contributed by atoms with Crippen molar-refractivity contribution in [3.05, 3.63) is 46.8 Å². The van der Waals surface area contributed by atoms with Crippen molar-refractivity contribution >= 4 is 17.2 Å². The average Bonchev–Trinajstić information content (AvgIpc) is 3.15. The van der Waals surface area contributed by atoms with Gasteiger partial charge >= 0.3 is 0 Å². The molecule has 4 heterocycles. The third-order valence-electron chi connectivity index (χ3n) is 4.58. The van der Waals surface area contributed by atoms with Crippen molar-refractivity contribution < 1.29 is 9.53 Å². The Morgan fingerprint density at radius 3 is 2.64 bits per heavy atom. The van der Waals surface area contributed by atoms with Crippen molar-refractivity contribution in [2.45, 2.75) is 43.9 Å². The second-order valence-electron chi connectivity index (χ2n) is 5.95. The minimum absolute atomic E-state index is 0.166. The Labute approximate surface area is 133 Å². The quantitative estimate of drug-likeness (QED) is 0.872. The van der Waals surface area contributed by atoms with E-state index in [1.54, 1.807) is 6.20 Å². The third kappa shape index (κ3) is 2.50. The Morgan fingerprint density at radius 1 is 1.18 bits per heavy atom. The fraction of sp³-hybridized carbons (Fsp3) is 0.412. The highest BCUT2D eigenvalue weighted by Crippen LogP contribution is 2.38. The van der Waals surface area contributed by atoms with Crippen LogP contribution < -0.4 is 4.74 Å². The molecule has 2 atom stereocenters. The first-order valence-corrected chi connectivity index (χ1v) is 8.63. The van der Waals surface area contributed by atoms with Crippen LogP contribution in [-0.2, 0) is 0 Å². The molecule has 2 aliphatic rings. The number of aromatic nitrogens is 1. The number of carbonyl (C=O) groups is 1. The maximum absolute atomic E-state index is 12.7. The first kappa shape index (κ1) is 13.8. The molecule has 5 heteroatoms. The molecular formula is C17H18N2O2S. The van der Waals surface area contributed by atoms with Gasteiger partial charge in [-0.15, -0.1) is 11.3 Å². The van der Waals surface area contributed by atoms with Gasteiger partial charge in [0.05, 0.1) is 4.88 Å². The molecule has 2 bridgehead atoms. The number of nitrogens with zero attached hydrogens (tertiary/aromatic N) is 2. The highest BCUT2D eigenvalue weighted by atomic mass is 32.1. The van der Waals surface area contributed by atoms with Gasteiger partial charge in [-0.25, -0.2) is 4.98 Å². The number of hydrogen-bond acceptors (Lipinski definition) is 4. The van der Waals surface area contributed by atoms with Crippen LogP contribution in [0.25, 0.3) is 0 Å². The first-order valence-electron chi connectivity index (χ1n) is 7.75. The number of thiophene rings is 1. The summed E-state index contributed by atoms with van der Waals surface area (Å²) in [4.78, 5) is 19.9. The lowest BCUT2D eigenvalue weighted by molar-refractivity contribution is 0.0352. The van der Waals surface area contributed by atoms with Gasteiger partial charge in [-0.1, -0.05) is 12.1 Å². The van der Waals surface area contributed by atoms with E-state index in [-0.39, 0.29) is 12.0 Å². The van der Waals surface area contributed by atoms with Crippen LogP contribution in [0, 0.1) is 0 Å². The van der Waals surface area contributed by atoms with Crippen molar-refractivity contribution in [2.24, 2.45) is 0 Å². The largest absolute Gasteiger partial charge is 0.474 e. The summed E-state index contributed by atoms with van der Waals surface area (Å²) in [6.45, 7) is 0. The van der Waals surface area contributed by atoms with E-state index in [0.717, 1.165) is 30.6 Å². The molecule has 2 aliphatic heterocycles. The smallest absolute Gasteiger partial charge is 0.264 e. The summed E-state index contributed by atoms with van der Waals surface area (Å²) in [5.41, 5.74) is 0. The zero-order valence-corrected chi connectivity index (χ0v) is 13.0. The summed E-state index contributed by atoms with van der Waals surface area (Å²) in [7, 11) is 0. The number of ether oxygens (including phenoxy) is 1. The summed E-state index contributed by atoms with van der Waals surface area (Å²) in [5.74, 6) is 0.878. The fourth-order valence-electron chi connectivity index (χ4n) is 3.67. The van der Waals surface area contributed by atoms with Crippen molar-refractivity contribution in [1.29, 1.82) is 0 Å². The number of amides is 1. The summed E-state index contributed by atoms with van der Waals surface area (Å²) >= 11 is 1.53. The zero-order chi connectivity index (χ0) is 14.9. The van der Waals surface area contributed by atoms with Crippen molar-refractivity contribution in [1.82, 2.24) is 9.88 Å². The Morgan fingerprint density at radius 2 is 2.00 bits per heavy atom. The molecule has 0 aromatic carbocycles. The van der Waals surface area contributed by atoms with Crippen LogP contribution in [0.1, 0.15) is 35.4 Å². The summed E-state index contributed by atoms with van der Waals surface area (Å²) in [5, 5.41) is 1.96. The Balaban J connectivity index is 1.47. The lowest BCUT2D eigenvalue weighted by atomic mass is 9.99. The van der Waals surface area contributed by atoms with Gasteiger partial charge in [-0.2, -0.15) is 0 Å². The molecule has 2 fully saturated rings. The molecule has 0 spiro atoms.